The smallest absolute Gasteiger partial charge is 0.270 e. The highest BCUT2D eigenvalue weighted by atomic mass is 16.1. The first-order chi connectivity index (χ1) is 12.1. The van der Waals surface area contributed by atoms with Gasteiger partial charge in [-0.05, 0) is 49.2 Å². The minimum atomic E-state index is -0.176. The molecule has 1 heterocycles. The van der Waals surface area contributed by atoms with Gasteiger partial charge in [0.1, 0.15) is 5.69 Å². The molecule has 3 aromatic rings. The molecule has 4 nitrogen and oxygen atoms in total. The summed E-state index contributed by atoms with van der Waals surface area (Å²) in [6.07, 6.45) is 1.67. The summed E-state index contributed by atoms with van der Waals surface area (Å²) in [5, 5.41) is 6.18. The third-order valence-corrected chi connectivity index (χ3v) is 4.04. The molecule has 0 saturated heterocycles. The first-order valence-corrected chi connectivity index (χ1v) is 8.24. The van der Waals surface area contributed by atoms with Gasteiger partial charge in [0.25, 0.3) is 5.91 Å². The highest BCUT2D eigenvalue weighted by Gasteiger charge is 2.07. The molecule has 25 heavy (non-hydrogen) atoms. The number of amides is 1. The van der Waals surface area contributed by atoms with Crippen LogP contribution in [0.1, 0.15) is 27.2 Å². The van der Waals surface area contributed by atoms with Crippen LogP contribution in [0.15, 0.2) is 66.9 Å². The Kier molecular flexibility index (Phi) is 5.09. The van der Waals surface area contributed by atoms with Crippen LogP contribution in [0.5, 0.6) is 0 Å². The maximum atomic E-state index is 12.2. The fourth-order valence-electron chi connectivity index (χ4n) is 2.48. The minimum absolute atomic E-state index is 0.176. The number of benzene rings is 2. The summed E-state index contributed by atoms with van der Waals surface area (Å²) in [5.74, 6) is -0.176. The van der Waals surface area contributed by atoms with Crippen molar-refractivity contribution in [2.75, 3.05) is 5.32 Å². The lowest BCUT2D eigenvalue weighted by atomic mass is 10.1. The maximum Gasteiger partial charge on any atom is 0.270 e. The minimum Gasteiger partial charge on any atom is -0.354 e. The van der Waals surface area contributed by atoms with E-state index in [0.717, 1.165) is 22.5 Å². The number of nitrogens with zero attached hydrogens (tertiary/aromatic N) is 1. The zero-order valence-electron chi connectivity index (χ0n) is 14.4. The van der Waals surface area contributed by atoms with Crippen molar-refractivity contribution in [3.8, 4) is 0 Å². The quantitative estimate of drug-likeness (QED) is 0.730. The van der Waals surface area contributed by atoms with Crippen molar-refractivity contribution >= 4 is 17.3 Å². The first-order valence-electron chi connectivity index (χ1n) is 8.24. The molecule has 2 N–H and O–H groups in total. The number of carbonyl (C=O) groups is 1. The monoisotopic (exact) mass is 331 g/mol. The summed E-state index contributed by atoms with van der Waals surface area (Å²) in [7, 11) is 0. The Bertz CT molecular complexity index is 855. The summed E-state index contributed by atoms with van der Waals surface area (Å²) >= 11 is 0. The Morgan fingerprint density at radius 1 is 0.920 bits per heavy atom. The summed E-state index contributed by atoms with van der Waals surface area (Å²) < 4.78 is 0. The highest BCUT2D eigenvalue weighted by Crippen LogP contribution is 2.16. The fraction of sp³-hybridized carbons (Fsp3) is 0.143. The van der Waals surface area contributed by atoms with Crippen molar-refractivity contribution < 1.29 is 4.79 Å². The van der Waals surface area contributed by atoms with Gasteiger partial charge >= 0.3 is 0 Å². The predicted octanol–water partition coefficient (Wildman–Crippen LogP) is 4.37. The molecule has 0 aliphatic rings. The van der Waals surface area contributed by atoms with Crippen molar-refractivity contribution in [2.45, 2.75) is 20.4 Å². The molecule has 1 amide bonds. The number of carbonyl (C=O) groups excluding carboxylic acids is 1. The van der Waals surface area contributed by atoms with E-state index in [4.69, 9.17) is 0 Å². The SMILES string of the molecule is Cc1ccc(Nc2ccc(C(=O)NCc3ccccc3C)nc2)cc1. The Morgan fingerprint density at radius 3 is 2.32 bits per heavy atom. The molecule has 0 unspecified atom stereocenters. The topological polar surface area (TPSA) is 54.0 Å². The van der Waals surface area contributed by atoms with Crippen LogP contribution in [0.25, 0.3) is 0 Å². The third kappa shape index (κ3) is 4.44. The van der Waals surface area contributed by atoms with Gasteiger partial charge in [0.05, 0.1) is 11.9 Å². The molecular formula is C21H21N3O. The summed E-state index contributed by atoms with van der Waals surface area (Å²) in [6.45, 7) is 4.58. The molecule has 0 aliphatic heterocycles. The second-order valence-electron chi connectivity index (χ2n) is 6.03. The Hall–Kier alpha value is -3.14. The van der Waals surface area contributed by atoms with E-state index in [2.05, 4.69) is 22.5 Å². The van der Waals surface area contributed by atoms with Crippen molar-refractivity contribution in [3.63, 3.8) is 0 Å². The van der Waals surface area contributed by atoms with Gasteiger partial charge in [-0.1, -0.05) is 42.0 Å². The molecule has 126 valence electrons. The molecule has 3 rings (SSSR count). The van der Waals surface area contributed by atoms with Crippen LogP contribution >= 0.6 is 0 Å². The molecule has 0 atom stereocenters. The second kappa shape index (κ2) is 7.62. The van der Waals surface area contributed by atoms with E-state index in [0.29, 0.717) is 12.2 Å². The Balaban J connectivity index is 1.60. The third-order valence-electron chi connectivity index (χ3n) is 4.04. The van der Waals surface area contributed by atoms with E-state index in [-0.39, 0.29) is 5.91 Å². The molecule has 0 radical (unpaired) electrons. The summed E-state index contributed by atoms with van der Waals surface area (Å²) in [5.41, 5.74) is 5.72. The summed E-state index contributed by atoms with van der Waals surface area (Å²) in [4.78, 5) is 16.5. The lowest BCUT2D eigenvalue weighted by Gasteiger charge is -2.09. The molecule has 0 spiro atoms. The molecule has 0 aliphatic carbocycles. The van der Waals surface area contributed by atoms with Crippen LogP contribution in [0, 0.1) is 13.8 Å². The van der Waals surface area contributed by atoms with Crippen LogP contribution < -0.4 is 10.6 Å². The zero-order chi connectivity index (χ0) is 17.6. The average molecular weight is 331 g/mol. The van der Waals surface area contributed by atoms with E-state index in [9.17, 15) is 4.79 Å². The lowest BCUT2D eigenvalue weighted by molar-refractivity contribution is 0.0946. The van der Waals surface area contributed by atoms with Gasteiger partial charge in [-0.25, -0.2) is 4.98 Å². The van der Waals surface area contributed by atoms with Crippen LogP contribution in [0.4, 0.5) is 11.4 Å². The zero-order valence-corrected chi connectivity index (χ0v) is 14.4. The van der Waals surface area contributed by atoms with Gasteiger partial charge in [-0.3, -0.25) is 4.79 Å². The molecule has 0 saturated carbocycles. The molecule has 1 aromatic heterocycles. The number of nitrogens with one attached hydrogen (secondary N) is 2. The number of hydrogen-bond donors (Lipinski definition) is 2. The average Bonchev–Trinajstić information content (AvgIpc) is 2.63. The van der Waals surface area contributed by atoms with Gasteiger partial charge in [-0.2, -0.15) is 0 Å². The van der Waals surface area contributed by atoms with Crippen LogP contribution in [-0.4, -0.2) is 10.9 Å². The number of pyridine rings is 1. The molecular weight excluding hydrogens is 310 g/mol. The molecule has 2 aromatic carbocycles. The van der Waals surface area contributed by atoms with Gasteiger partial charge < -0.3 is 10.6 Å². The predicted molar refractivity (Wildman–Crippen MR) is 101 cm³/mol. The molecule has 0 bridgehead atoms. The van der Waals surface area contributed by atoms with Gasteiger partial charge in [0, 0.05) is 12.2 Å². The van der Waals surface area contributed by atoms with Crippen LogP contribution in [0.3, 0.4) is 0 Å². The highest BCUT2D eigenvalue weighted by molar-refractivity contribution is 5.92. The normalized spacial score (nSPS) is 10.3. The van der Waals surface area contributed by atoms with Crippen molar-refractivity contribution in [2.24, 2.45) is 0 Å². The van der Waals surface area contributed by atoms with Crippen LogP contribution in [-0.2, 0) is 6.54 Å². The van der Waals surface area contributed by atoms with Crippen molar-refractivity contribution in [1.82, 2.24) is 10.3 Å². The second-order valence-corrected chi connectivity index (χ2v) is 6.03. The summed E-state index contributed by atoms with van der Waals surface area (Å²) in [6, 6.07) is 19.7. The van der Waals surface area contributed by atoms with Crippen molar-refractivity contribution in [1.29, 1.82) is 0 Å². The van der Waals surface area contributed by atoms with E-state index in [1.165, 1.54) is 5.56 Å². The number of aryl methyl sites for hydroxylation is 2. The van der Waals surface area contributed by atoms with E-state index in [1.807, 2.05) is 61.5 Å². The molecule has 4 heteroatoms. The molecule has 0 fully saturated rings. The van der Waals surface area contributed by atoms with E-state index >= 15 is 0 Å². The van der Waals surface area contributed by atoms with Gasteiger partial charge in [-0.15, -0.1) is 0 Å². The Morgan fingerprint density at radius 2 is 1.64 bits per heavy atom. The fourth-order valence-corrected chi connectivity index (χ4v) is 2.48. The largest absolute Gasteiger partial charge is 0.354 e. The first kappa shape index (κ1) is 16.7. The standard InChI is InChI=1S/C21H21N3O/c1-15-7-9-18(10-8-15)24-19-11-12-20(22-14-19)21(25)23-13-17-6-4-3-5-16(17)2/h3-12,14,24H,13H2,1-2H3,(H,23,25). The number of anilines is 2. The number of rotatable bonds is 5. The van der Waals surface area contributed by atoms with E-state index in [1.54, 1.807) is 12.3 Å². The van der Waals surface area contributed by atoms with Gasteiger partial charge in [0.2, 0.25) is 0 Å². The Labute approximate surface area is 147 Å². The van der Waals surface area contributed by atoms with E-state index < -0.39 is 0 Å². The van der Waals surface area contributed by atoms with Crippen molar-refractivity contribution in [3.05, 3.63) is 89.2 Å². The van der Waals surface area contributed by atoms with Gasteiger partial charge in [0.15, 0.2) is 0 Å². The maximum absolute atomic E-state index is 12.2. The number of aromatic nitrogens is 1. The number of hydrogen-bond acceptors (Lipinski definition) is 3. The lowest BCUT2D eigenvalue weighted by Crippen LogP contribution is -2.24. The van der Waals surface area contributed by atoms with Crippen LogP contribution in [0.2, 0.25) is 0 Å².